The average molecular weight is 428 g/mol. The number of hydrazine groups is 4. The van der Waals surface area contributed by atoms with Crippen LogP contribution in [0.5, 0.6) is 0 Å². The summed E-state index contributed by atoms with van der Waals surface area (Å²) in [5.41, 5.74) is 0. The van der Waals surface area contributed by atoms with Crippen molar-refractivity contribution in [3.8, 4) is 0 Å². The van der Waals surface area contributed by atoms with Crippen LogP contribution in [0.1, 0.15) is 13.8 Å². The molecule has 0 N–H and O–H groups in total. The molecule has 0 saturated heterocycles. The van der Waals surface area contributed by atoms with E-state index < -0.39 is 58.5 Å². The molecule has 0 rings (SSSR count). The molecule has 0 saturated carbocycles. The molecule has 0 aromatic rings. The maximum Gasteiger partial charge on any atom is 0.385 e. The molecule has 0 bridgehead atoms. The number of hydrogen-bond donors (Lipinski definition) is 0. The molecule has 0 aliphatic carbocycles. The lowest BCUT2D eigenvalue weighted by Crippen LogP contribution is -2.55. The van der Waals surface area contributed by atoms with Gasteiger partial charge in [-0.15, -0.1) is 5.01 Å². The fourth-order valence-corrected chi connectivity index (χ4v) is 1.56. The lowest BCUT2D eigenvalue weighted by molar-refractivity contribution is -0.755. The van der Waals surface area contributed by atoms with E-state index >= 15 is 0 Å². The first-order valence-corrected chi connectivity index (χ1v) is 7.15. The Hall–Kier alpha value is -4.26. The molecule has 29 heavy (non-hydrogen) atoms. The molecule has 0 aromatic carbocycles. The van der Waals surface area contributed by atoms with E-state index in [9.17, 15) is 50.0 Å². The largest absolute Gasteiger partial charge is 0.402 e. The van der Waals surface area contributed by atoms with Gasteiger partial charge in [0.05, 0.1) is 7.05 Å². The first-order valence-electron chi connectivity index (χ1n) is 7.15. The molecule has 0 aliphatic heterocycles. The first kappa shape index (κ1) is 24.7. The summed E-state index contributed by atoms with van der Waals surface area (Å²) in [5, 5.41) is 39.1. The van der Waals surface area contributed by atoms with E-state index in [2.05, 4.69) is 9.47 Å². The van der Waals surface area contributed by atoms with Crippen LogP contribution < -0.4 is 0 Å². The van der Waals surface area contributed by atoms with Crippen LogP contribution in [0.4, 0.5) is 0 Å². The van der Waals surface area contributed by atoms with Crippen LogP contribution >= 0.6 is 0 Å². The predicted octanol–water partition coefficient (Wildman–Crippen LogP) is -2.13. The van der Waals surface area contributed by atoms with Gasteiger partial charge in [-0.05, 0) is 5.01 Å². The second-order valence-electron chi connectivity index (χ2n) is 5.01. The van der Waals surface area contributed by atoms with Crippen molar-refractivity contribution in [1.82, 2.24) is 20.0 Å². The Bertz CT molecular complexity index is 656. The average Bonchev–Trinajstić information content (AvgIpc) is 2.54. The molecule has 0 fully saturated rings. The minimum Gasteiger partial charge on any atom is -0.402 e. The van der Waals surface area contributed by atoms with E-state index in [1.54, 1.807) is 0 Å². The van der Waals surface area contributed by atoms with Crippen molar-refractivity contribution in [3.63, 3.8) is 0 Å². The van der Waals surface area contributed by atoms with Crippen molar-refractivity contribution in [2.24, 2.45) is 0 Å². The molecule has 20 nitrogen and oxygen atoms in total. The summed E-state index contributed by atoms with van der Waals surface area (Å²) in [7, 11) is 0.841. The molecule has 0 aromatic heterocycles. The highest BCUT2D eigenvalue weighted by molar-refractivity contribution is 5.68. The van der Waals surface area contributed by atoms with Crippen LogP contribution in [0, 0.1) is 40.5 Å². The van der Waals surface area contributed by atoms with Gasteiger partial charge in [0, 0.05) is 13.8 Å². The smallest absolute Gasteiger partial charge is 0.385 e. The highest BCUT2D eigenvalue weighted by Crippen LogP contribution is 2.09. The number of hydrogen-bond acceptors (Lipinski definition) is 12. The maximum atomic E-state index is 11.2. The highest BCUT2D eigenvalue weighted by Gasteiger charge is 2.39. The van der Waals surface area contributed by atoms with Crippen LogP contribution in [0.15, 0.2) is 0 Å². The third-order valence-electron chi connectivity index (χ3n) is 2.73. The second-order valence-corrected chi connectivity index (χ2v) is 5.01. The topological polar surface area (TPSA) is 238 Å². The van der Waals surface area contributed by atoms with Crippen molar-refractivity contribution >= 4 is 11.9 Å². The molecule has 20 heteroatoms. The molecule has 0 radical (unpaired) electrons. The summed E-state index contributed by atoms with van der Waals surface area (Å²) in [6, 6.07) is 0. The normalized spacial score (nSPS) is 9.93. The van der Waals surface area contributed by atoms with Crippen LogP contribution in [0.25, 0.3) is 0 Å². The lowest BCUT2D eigenvalue weighted by Gasteiger charge is -2.25. The Morgan fingerprint density at radius 1 is 0.759 bits per heavy atom. The van der Waals surface area contributed by atoms with Gasteiger partial charge in [0.1, 0.15) is 0 Å². The molecule has 164 valence electrons. The van der Waals surface area contributed by atoms with Gasteiger partial charge in [0.25, 0.3) is 0 Å². The number of esters is 2. The number of ether oxygens (including phenoxy) is 2. The standard InChI is InChI=1S/C9H16N8O12/c1-7(18)28-9(29-8(2)19)13(17(26)27)6-12(16(24)25)5-11(15(22)23)4-10(3)14(20)21/h9H,4-6H2,1-3H3. The van der Waals surface area contributed by atoms with Crippen molar-refractivity contribution in [2.45, 2.75) is 20.3 Å². The van der Waals surface area contributed by atoms with Crippen molar-refractivity contribution < 1.29 is 39.2 Å². The van der Waals surface area contributed by atoms with E-state index in [4.69, 9.17) is 0 Å². The lowest BCUT2D eigenvalue weighted by atomic mass is 10.7. The van der Waals surface area contributed by atoms with Crippen LogP contribution in [-0.2, 0) is 19.1 Å². The molecule has 0 atom stereocenters. The van der Waals surface area contributed by atoms with Gasteiger partial charge < -0.3 is 9.47 Å². The Balaban J connectivity index is 5.64. The molecule has 0 aliphatic rings. The molecule has 0 spiro atoms. The van der Waals surface area contributed by atoms with Crippen LogP contribution in [0.3, 0.4) is 0 Å². The molecular weight excluding hydrogens is 412 g/mol. The van der Waals surface area contributed by atoms with E-state index in [1.165, 1.54) is 0 Å². The van der Waals surface area contributed by atoms with Crippen molar-refractivity contribution in [3.05, 3.63) is 40.5 Å². The highest BCUT2D eigenvalue weighted by atomic mass is 16.8. The zero-order valence-electron chi connectivity index (χ0n) is 15.2. The van der Waals surface area contributed by atoms with Gasteiger partial charge >= 0.3 is 18.4 Å². The molecule has 0 heterocycles. The van der Waals surface area contributed by atoms with Gasteiger partial charge in [0.15, 0.2) is 20.1 Å². The van der Waals surface area contributed by atoms with Crippen molar-refractivity contribution in [1.29, 1.82) is 0 Å². The number of carbonyl (C=O) groups is 2. The monoisotopic (exact) mass is 428 g/mol. The van der Waals surface area contributed by atoms with E-state index in [1.807, 2.05) is 0 Å². The Morgan fingerprint density at radius 2 is 1.17 bits per heavy atom. The number of nitrogens with zero attached hydrogens (tertiary/aromatic N) is 8. The van der Waals surface area contributed by atoms with E-state index in [-0.39, 0.29) is 20.0 Å². The van der Waals surface area contributed by atoms with Crippen LogP contribution in [0.2, 0.25) is 0 Å². The summed E-state index contributed by atoms with van der Waals surface area (Å²) in [4.78, 5) is 66.1. The molecule has 0 unspecified atom stereocenters. The maximum absolute atomic E-state index is 11.2. The zero-order valence-corrected chi connectivity index (χ0v) is 15.2. The number of nitro groups is 4. The summed E-state index contributed by atoms with van der Waals surface area (Å²) in [5.74, 6) is -2.29. The summed E-state index contributed by atoms with van der Waals surface area (Å²) in [6.45, 7) is -2.06. The molecule has 0 amide bonds. The Labute approximate surface area is 160 Å². The van der Waals surface area contributed by atoms with Crippen molar-refractivity contribution in [2.75, 3.05) is 27.1 Å². The van der Waals surface area contributed by atoms with Gasteiger partial charge in [-0.2, -0.15) is 0 Å². The summed E-state index contributed by atoms with van der Waals surface area (Å²) < 4.78 is 8.84. The second kappa shape index (κ2) is 10.8. The summed E-state index contributed by atoms with van der Waals surface area (Å²) in [6.07, 6.45) is -2.33. The fourth-order valence-electron chi connectivity index (χ4n) is 1.56. The van der Waals surface area contributed by atoms with Crippen LogP contribution in [-0.4, -0.2) is 85.6 Å². The summed E-state index contributed by atoms with van der Waals surface area (Å²) >= 11 is 0. The first-order chi connectivity index (χ1) is 13.3. The minimum absolute atomic E-state index is 0.0103. The van der Waals surface area contributed by atoms with Gasteiger partial charge in [-0.25, -0.2) is 40.5 Å². The SMILES string of the molecule is CC(=O)OC(OC(C)=O)N(CN(CN(CN(C)[N+](=O)[O-])[N+](=O)[O-])[N+](=O)[O-])[N+](=O)[O-]. The molecular formula is C9H16N8O12. The van der Waals surface area contributed by atoms with E-state index in [0.29, 0.717) is 0 Å². The quantitative estimate of drug-likeness (QED) is 0.132. The van der Waals surface area contributed by atoms with E-state index in [0.717, 1.165) is 20.9 Å². The van der Waals surface area contributed by atoms with Gasteiger partial charge in [0.2, 0.25) is 20.0 Å². The minimum atomic E-state index is -2.33. The van der Waals surface area contributed by atoms with Gasteiger partial charge in [-0.1, -0.05) is 10.0 Å². The Morgan fingerprint density at radius 3 is 1.48 bits per heavy atom. The Kier molecular flexibility index (Phi) is 9.20. The third-order valence-corrected chi connectivity index (χ3v) is 2.73. The predicted molar refractivity (Wildman–Crippen MR) is 83.2 cm³/mol. The van der Waals surface area contributed by atoms with Gasteiger partial charge in [-0.3, -0.25) is 9.59 Å². The zero-order chi connectivity index (χ0) is 22.9. The number of carbonyl (C=O) groups excluding carboxylic acids is 2. The fraction of sp³-hybridized carbons (Fsp3) is 0.778. The number of rotatable bonds is 13. The third kappa shape index (κ3) is 8.78.